The molecule has 0 aliphatic carbocycles. The highest BCUT2D eigenvalue weighted by Gasteiger charge is 1.97. The summed E-state index contributed by atoms with van der Waals surface area (Å²) in [7, 11) is 0. The van der Waals surface area contributed by atoms with Crippen LogP contribution in [-0.4, -0.2) is 12.4 Å². The van der Waals surface area contributed by atoms with Gasteiger partial charge in [-0.15, -0.1) is 0 Å². The molecule has 3 rings (SSSR count). The minimum absolute atomic E-state index is 1.03. The van der Waals surface area contributed by atoms with Crippen molar-refractivity contribution in [2.45, 2.75) is 13.8 Å². The molecule has 0 saturated carbocycles. The lowest BCUT2D eigenvalue weighted by atomic mass is 10.0. The van der Waals surface area contributed by atoms with Crippen molar-refractivity contribution in [3.63, 3.8) is 0 Å². The van der Waals surface area contributed by atoms with E-state index < -0.39 is 0 Å². The minimum Gasteiger partial charge on any atom is -0.159 e. The first kappa shape index (κ1) is 15.9. The molecule has 0 unspecified atom stereocenters. The number of hydrogen-bond donors (Lipinski definition) is 0. The van der Waals surface area contributed by atoms with Gasteiger partial charge in [0.15, 0.2) is 0 Å². The maximum Gasteiger partial charge on any atom is 0.0568 e. The Hall–Kier alpha value is -3.00. The average Bonchev–Trinajstić information content (AvgIpc) is 2.62. The van der Waals surface area contributed by atoms with Crippen molar-refractivity contribution in [3.8, 4) is 11.1 Å². The molecule has 0 radical (unpaired) electrons. The molecule has 0 aliphatic heterocycles. The van der Waals surface area contributed by atoms with E-state index in [4.69, 9.17) is 0 Å². The van der Waals surface area contributed by atoms with Gasteiger partial charge in [-0.05, 0) is 36.1 Å². The zero-order valence-electron chi connectivity index (χ0n) is 14.0. The zero-order chi connectivity index (χ0) is 16.8. The SMILES string of the molecule is Cc1ccc(/C=N/N=C/c2ccc(-c3ccc(C)cc3)cc2)cc1. The number of rotatable bonds is 4. The van der Waals surface area contributed by atoms with E-state index in [1.807, 2.05) is 12.1 Å². The summed E-state index contributed by atoms with van der Waals surface area (Å²) >= 11 is 0. The molecule has 0 amide bonds. The summed E-state index contributed by atoms with van der Waals surface area (Å²) < 4.78 is 0. The van der Waals surface area contributed by atoms with E-state index >= 15 is 0 Å². The third-order valence-electron chi connectivity index (χ3n) is 3.85. The highest BCUT2D eigenvalue weighted by atomic mass is 15.2. The van der Waals surface area contributed by atoms with Crippen LogP contribution < -0.4 is 0 Å². The highest BCUT2D eigenvalue weighted by Crippen LogP contribution is 2.19. The fraction of sp³-hybridized carbons (Fsp3) is 0.0909. The Bertz CT molecular complexity index is 840. The van der Waals surface area contributed by atoms with Crippen molar-refractivity contribution < 1.29 is 0 Å². The molecule has 0 aliphatic rings. The first-order valence-electron chi connectivity index (χ1n) is 8.01. The molecule has 3 aromatic carbocycles. The predicted molar refractivity (Wildman–Crippen MR) is 103 cm³/mol. The van der Waals surface area contributed by atoms with E-state index in [-0.39, 0.29) is 0 Å². The smallest absolute Gasteiger partial charge is 0.0568 e. The summed E-state index contributed by atoms with van der Waals surface area (Å²) in [5.74, 6) is 0. The van der Waals surface area contributed by atoms with Crippen molar-refractivity contribution in [3.05, 3.63) is 95.1 Å². The van der Waals surface area contributed by atoms with Gasteiger partial charge in [-0.25, -0.2) is 0 Å². The maximum atomic E-state index is 4.12. The molecular weight excluding hydrogens is 292 g/mol. The van der Waals surface area contributed by atoms with Crippen LogP contribution in [0.5, 0.6) is 0 Å². The monoisotopic (exact) mass is 312 g/mol. The fourth-order valence-corrected chi connectivity index (χ4v) is 2.36. The third kappa shape index (κ3) is 4.26. The fourth-order valence-electron chi connectivity index (χ4n) is 2.36. The largest absolute Gasteiger partial charge is 0.159 e. The molecule has 0 spiro atoms. The highest BCUT2D eigenvalue weighted by molar-refractivity contribution is 5.83. The van der Waals surface area contributed by atoms with Crippen LogP contribution in [0.4, 0.5) is 0 Å². The summed E-state index contributed by atoms with van der Waals surface area (Å²) in [6.07, 6.45) is 3.53. The molecule has 0 bridgehead atoms. The third-order valence-corrected chi connectivity index (χ3v) is 3.85. The van der Waals surface area contributed by atoms with E-state index in [0.29, 0.717) is 0 Å². The Morgan fingerprint density at radius 2 is 0.833 bits per heavy atom. The Labute approximate surface area is 143 Å². The Morgan fingerprint density at radius 3 is 1.29 bits per heavy atom. The summed E-state index contributed by atoms with van der Waals surface area (Å²) in [5, 5.41) is 8.22. The molecule has 24 heavy (non-hydrogen) atoms. The van der Waals surface area contributed by atoms with Gasteiger partial charge in [-0.1, -0.05) is 83.9 Å². The summed E-state index contributed by atoms with van der Waals surface area (Å²) in [6.45, 7) is 4.17. The predicted octanol–water partition coefficient (Wildman–Crippen LogP) is 5.42. The molecule has 0 atom stereocenters. The van der Waals surface area contributed by atoms with Gasteiger partial charge in [-0.3, -0.25) is 0 Å². The molecule has 0 heterocycles. The van der Waals surface area contributed by atoms with Gasteiger partial charge in [0.25, 0.3) is 0 Å². The van der Waals surface area contributed by atoms with Gasteiger partial charge >= 0.3 is 0 Å². The zero-order valence-corrected chi connectivity index (χ0v) is 14.0. The quantitative estimate of drug-likeness (QED) is 0.454. The second kappa shape index (κ2) is 7.51. The van der Waals surface area contributed by atoms with Gasteiger partial charge < -0.3 is 0 Å². The van der Waals surface area contributed by atoms with E-state index in [0.717, 1.165) is 11.1 Å². The van der Waals surface area contributed by atoms with E-state index in [1.54, 1.807) is 12.4 Å². The molecule has 0 aromatic heterocycles. The molecule has 3 aromatic rings. The van der Waals surface area contributed by atoms with Gasteiger partial charge in [0.1, 0.15) is 0 Å². The lowest BCUT2D eigenvalue weighted by molar-refractivity contribution is 1.26. The lowest BCUT2D eigenvalue weighted by Crippen LogP contribution is -1.83. The first-order valence-corrected chi connectivity index (χ1v) is 8.01. The van der Waals surface area contributed by atoms with Crippen LogP contribution >= 0.6 is 0 Å². The Balaban J connectivity index is 1.65. The van der Waals surface area contributed by atoms with E-state index in [1.165, 1.54) is 22.3 Å². The molecule has 2 nitrogen and oxygen atoms in total. The van der Waals surface area contributed by atoms with Gasteiger partial charge in [-0.2, -0.15) is 10.2 Å². The number of aryl methyl sites for hydroxylation is 2. The molecule has 118 valence electrons. The number of hydrogen-bond acceptors (Lipinski definition) is 2. The number of nitrogens with zero attached hydrogens (tertiary/aromatic N) is 2. The second-order valence-electron chi connectivity index (χ2n) is 5.89. The average molecular weight is 312 g/mol. The van der Waals surface area contributed by atoms with Gasteiger partial charge in [0, 0.05) is 0 Å². The standard InChI is InChI=1S/C22H20N2/c1-17-3-7-19(8-4-17)15-23-24-16-20-9-13-22(14-10-20)21-11-5-18(2)6-12-21/h3-16H,1-2H3/b23-15+,24-16+. The van der Waals surface area contributed by atoms with Crippen LogP contribution in [0.2, 0.25) is 0 Å². The molecule has 2 heteroatoms. The Kier molecular flexibility index (Phi) is 4.97. The van der Waals surface area contributed by atoms with Crippen LogP contribution in [0, 0.1) is 13.8 Å². The lowest BCUT2D eigenvalue weighted by Gasteiger charge is -2.02. The first-order chi connectivity index (χ1) is 11.7. The maximum absolute atomic E-state index is 4.12. The van der Waals surface area contributed by atoms with E-state index in [9.17, 15) is 0 Å². The van der Waals surface area contributed by atoms with Crippen molar-refractivity contribution in [1.82, 2.24) is 0 Å². The van der Waals surface area contributed by atoms with Crippen molar-refractivity contribution in [2.75, 3.05) is 0 Å². The van der Waals surface area contributed by atoms with Crippen LogP contribution in [0.25, 0.3) is 11.1 Å². The van der Waals surface area contributed by atoms with Crippen LogP contribution in [0.15, 0.2) is 83.0 Å². The van der Waals surface area contributed by atoms with Gasteiger partial charge in [0.05, 0.1) is 12.4 Å². The number of benzene rings is 3. The van der Waals surface area contributed by atoms with Crippen molar-refractivity contribution >= 4 is 12.4 Å². The normalized spacial score (nSPS) is 11.4. The topological polar surface area (TPSA) is 24.7 Å². The van der Waals surface area contributed by atoms with Gasteiger partial charge in [0.2, 0.25) is 0 Å². The summed E-state index contributed by atoms with van der Waals surface area (Å²) in [6, 6.07) is 25.1. The Morgan fingerprint density at radius 1 is 0.500 bits per heavy atom. The van der Waals surface area contributed by atoms with Crippen LogP contribution in [0.1, 0.15) is 22.3 Å². The molecular formula is C22H20N2. The van der Waals surface area contributed by atoms with Crippen LogP contribution in [0.3, 0.4) is 0 Å². The summed E-state index contributed by atoms with van der Waals surface area (Å²) in [4.78, 5) is 0. The van der Waals surface area contributed by atoms with Crippen LogP contribution in [-0.2, 0) is 0 Å². The molecule has 0 fully saturated rings. The van der Waals surface area contributed by atoms with Crippen molar-refractivity contribution in [1.29, 1.82) is 0 Å². The van der Waals surface area contributed by atoms with E-state index in [2.05, 4.69) is 84.7 Å². The summed E-state index contributed by atoms with van der Waals surface area (Å²) in [5.41, 5.74) is 7.02. The molecule has 0 N–H and O–H groups in total. The van der Waals surface area contributed by atoms with Crippen molar-refractivity contribution in [2.24, 2.45) is 10.2 Å². The minimum atomic E-state index is 1.03. The second-order valence-corrected chi connectivity index (χ2v) is 5.89. The molecule has 0 saturated heterocycles.